The number of nitrogens with zero attached hydrogens (tertiary/aromatic N) is 1. The van der Waals surface area contributed by atoms with E-state index in [1.165, 1.54) is 17.1 Å². The van der Waals surface area contributed by atoms with Gasteiger partial charge in [-0.2, -0.15) is 11.8 Å². The van der Waals surface area contributed by atoms with Crippen LogP contribution in [-0.2, 0) is 11.3 Å². The van der Waals surface area contributed by atoms with Gasteiger partial charge in [-0.05, 0) is 30.5 Å². The maximum Gasteiger partial charge on any atom is 0.244 e. The third-order valence-corrected chi connectivity index (χ3v) is 4.88. The van der Waals surface area contributed by atoms with E-state index in [4.69, 9.17) is 5.73 Å². The lowest BCUT2D eigenvalue weighted by molar-refractivity contribution is -0.118. The summed E-state index contributed by atoms with van der Waals surface area (Å²) in [5, 5.41) is 2.94. The van der Waals surface area contributed by atoms with Crippen LogP contribution in [0.3, 0.4) is 0 Å². The van der Waals surface area contributed by atoms with Crippen molar-refractivity contribution in [2.75, 3.05) is 29.9 Å². The summed E-state index contributed by atoms with van der Waals surface area (Å²) in [6.45, 7) is 3.25. The maximum atomic E-state index is 11.9. The molecule has 1 heterocycles. The van der Waals surface area contributed by atoms with Crippen molar-refractivity contribution in [1.82, 2.24) is 4.90 Å². The lowest BCUT2D eigenvalue weighted by Gasteiger charge is -2.26. The molecule has 2 aliphatic rings. The second kappa shape index (κ2) is 5.76. The highest BCUT2D eigenvalue weighted by atomic mass is 32.2. The molecular weight excluding hydrogens is 270 g/mol. The fraction of sp³-hybridized carbons (Fsp3) is 0.533. The normalized spacial score (nSPS) is 21.4. The standard InChI is InChI=1S/C15H21N3OS/c16-15(4-5-15)14(19)17-13-3-1-2-12(10-13)11-18-6-8-20-9-7-18/h1-3,10H,4-9,11,16H2,(H,17,19). The Balaban J connectivity index is 1.61. The molecule has 1 aromatic carbocycles. The Hall–Kier alpha value is -1.04. The van der Waals surface area contributed by atoms with Crippen molar-refractivity contribution in [1.29, 1.82) is 0 Å². The van der Waals surface area contributed by atoms with E-state index in [1.54, 1.807) is 0 Å². The Kier molecular flexibility index (Phi) is 4.01. The van der Waals surface area contributed by atoms with Crippen LogP contribution in [0.15, 0.2) is 24.3 Å². The van der Waals surface area contributed by atoms with Crippen LogP contribution >= 0.6 is 11.8 Å². The predicted molar refractivity (Wildman–Crippen MR) is 83.8 cm³/mol. The van der Waals surface area contributed by atoms with Crippen LogP contribution in [0.4, 0.5) is 5.69 Å². The minimum atomic E-state index is -0.611. The van der Waals surface area contributed by atoms with E-state index in [9.17, 15) is 4.79 Å². The molecule has 3 rings (SSSR count). The molecule has 5 heteroatoms. The number of anilines is 1. The molecule has 0 atom stereocenters. The minimum Gasteiger partial charge on any atom is -0.324 e. The van der Waals surface area contributed by atoms with Gasteiger partial charge in [0.25, 0.3) is 0 Å². The van der Waals surface area contributed by atoms with Crippen LogP contribution in [0.5, 0.6) is 0 Å². The molecule has 1 aromatic rings. The highest BCUT2D eigenvalue weighted by Gasteiger charge is 2.45. The molecule has 3 N–H and O–H groups in total. The van der Waals surface area contributed by atoms with Gasteiger partial charge in [-0.25, -0.2) is 0 Å². The first-order valence-electron chi connectivity index (χ1n) is 7.15. The zero-order valence-corrected chi connectivity index (χ0v) is 12.4. The van der Waals surface area contributed by atoms with Gasteiger partial charge in [0.15, 0.2) is 0 Å². The summed E-state index contributed by atoms with van der Waals surface area (Å²) in [4.78, 5) is 14.4. The van der Waals surface area contributed by atoms with Crippen LogP contribution in [0.2, 0.25) is 0 Å². The van der Waals surface area contributed by atoms with Gasteiger partial charge in [-0.3, -0.25) is 9.69 Å². The molecule has 2 fully saturated rings. The van der Waals surface area contributed by atoms with Crippen LogP contribution in [0.1, 0.15) is 18.4 Å². The quantitative estimate of drug-likeness (QED) is 0.886. The molecule has 0 unspecified atom stereocenters. The lowest BCUT2D eigenvalue weighted by atomic mass is 10.1. The number of hydrogen-bond acceptors (Lipinski definition) is 4. The molecule has 20 heavy (non-hydrogen) atoms. The molecule has 1 saturated heterocycles. The Labute approximate surface area is 124 Å². The van der Waals surface area contributed by atoms with E-state index in [0.717, 1.165) is 38.2 Å². The fourth-order valence-corrected chi connectivity index (χ4v) is 3.36. The van der Waals surface area contributed by atoms with Crippen molar-refractivity contribution in [3.05, 3.63) is 29.8 Å². The number of carbonyl (C=O) groups is 1. The molecule has 0 radical (unpaired) electrons. The van der Waals surface area contributed by atoms with E-state index in [1.807, 2.05) is 23.9 Å². The Morgan fingerprint density at radius 2 is 2.10 bits per heavy atom. The average Bonchev–Trinajstić information content (AvgIpc) is 3.20. The summed E-state index contributed by atoms with van der Waals surface area (Å²) in [5.74, 6) is 2.38. The molecule has 1 aliphatic carbocycles. The zero-order chi connectivity index (χ0) is 14.0. The van der Waals surface area contributed by atoms with Gasteiger partial charge in [0.2, 0.25) is 5.91 Å². The molecule has 1 aliphatic heterocycles. The van der Waals surface area contributed by atoms with Gasteiger partial charge in [-0.15, -0.1) is 0 Å². The number of rotatable bonds is 4. The summed E-state index contributed by atoms with van der Waals surface area (Å²) in [6, 6.07) is 8.11. The monoisotopic (exact) mass is 291 g/mol. The smallest absolute Gasteiger partial charge is 0.244 e. The molecule has 1 amide bonds. The lowest BCUT2D eigenvalue weighted by Crippen LogP contribution is -2.37. The largest absolute Gasteiger partial charge is 0.324 e. The number of carbonyl (C=O) groups excluding carboxylic acids is 1. The number of nitrogens with one attached hydrogen (secondary N) is 1. The first-order chi connectivity index (χ1) is 9.66. The van der Waals surface area contributed by atoms with Crippen LogP contribution in [0, 0.1) is 0 Å². The molecule has 1 saturated carbocycles. The van der Waals surface area contributed by atoms with E-state index in [-0.39, 0.29) is 5.91 Å². The predicted octanol–water partition coefficient (Wildman–Crippen LogP) is 1.67. The van der Waals surface area contributed by atoms with Crippen molar-refractivity contribution in [2.24, 2.45) is 5.73 Å². The Bertz CT molecular complexity index is 496. The second-order valence-corrected chi connectivity index (χ2v) is 6.92. The van der Waals surface area contributed by atoms with Crippen LogP contribution in [-0.4, -0.2) is 40.9 Å². The fourth-order valence-electron chi connectivity index (χ4n) is 2.38. The van der Waals surface area contributed by atoms with Crippen LogP contribution < -0.4 is 11.1 Å². The van der Waals surface area contributed by atoms with Crippen LogP contribution in [0.25, 0.3) is 0 Å². The summed E-state index contributed by atoms with van der Waals surface area (Å²) in [6.07, 6.45) is 1.59. The average molecular weight is 291 g/mol. The van der Waals surface area contributed by atoms with Crippen molar-refractivity contribution >= 4 is 23.4 Å². The SMILES string of the molecule is NC1(C(=O)Nc2cccc(CN3CCSCC3)c2)CC1. The van der Waals surface area contributed by atoms with Crippen molar-refractivity contribution in [3.63, 3.8) is 0 Å². The number of amides is 1. The summed E-state index contributed by atoms with van der Waals surface area (Å²) in [5.41, 5.74) is 7.40. The Morgan fingerprint density at radius 1 is 1.35 bits per heavy atom. The van der Waals surface area contributed by atoms with Gasteiger partial charge in [0.05, 0.1) is 5.54 Å². The summed E-state index contributed by atoms with van der Waals surface area (Å²) in [7, 11) is 0. The molecule has 0 spiro atoms. The van der Waals surface area contributed by atoms with E-state index in [2.05, 4.69) is 22.3 Å². The van der Waals surface area contributed by atoms with E-state index < -0.39 is 5.54 Å². The topological polar surface area (TPSA) is 58.4 Å². The number of thioether (sulfide) groups is 1. The molecule has 4 nitrogen and oxygen atoms in total. The van der Waals surface area contributed by atoms with Gasteiger partial charge in [-0.1, -0.05) is 12.1 Å². The first kappa shape index (κ1) is 13.9. The minimum absolute atomic E-state index is 0.0518. The number of benzene rings is 1. The number of hydrogen-bond donors (Lipinski definition) is 2. The van der Waals surface area contributed by atoms with Crippen molar-refractivity contribution in [2.45, 2.75) is 24.9 Å². The molecular formula is C15H21N3OS. The third-order valence-electron chi connectivity index (χ3n) is 3.94. The third kappa shape index (κ3) is 3.34. The molecule has 0 aromatic heterocycles. The summed E-state index contributed by atoms with van der Waals surface area (Å²) >= 11 is 2.02. The van der Waals surface area contributed by atoms with Crippen molar-refractivity contribution < 1.29 is 4.79 Å². The first-order valence-corrected chi connectivity index (χ1v) is 8.31. The maximum absolute atomic E-state index is 11.9. The van der Waals surface area contributed by atoms with Gasteiger partial charge < -0.3 is 11.1 Å². The molecule has 0 bridgehead atoms. The zero-order valence-electron chi connectivity index (χ0n) is 11.6. The highest BCUT2D eigenvalue weighted by molar-refractivity contribution is 7.99. The van der Waals surface area contributed by atoms with E-state index in [0.29, 0.717) is 0 Å². The number of nitrogens with two attached hydrogens (primary N) is 1. The van der Waals surface area contributed by atoms with Gasteiger partial charge in [0, 0.05) is 36.8 Å². The van der Waals surface area contributed by atoms with Gasteiger partial charge >= 0.3 is 0 Å². The van der Waals surface area contributed by atoms with E-state index >= 15 is 0 Å². The second-order valence-electron chi connectivity index (χ2n) is 5.70. The Morgan fingerprint density at radius 3 is 2.80 bits per heavy atom. The van der Waals surface area contributed by atoms with Crippen molar-refractivity contribution in [3.8, 4) is 0 Å². The summed E-state index contributed by atoms with van der Waals surface area (Å²) < 4.78 is 0. The van der Waals surface area contributed by atoms with Gasteiger partial charge in [0.1, 0.15) is 0 Å². The molecule has 108 valence electrons. The highest BCUT2D eigenvalue weighted by Crippen LogP contribution is 2.33.